The quantitative estimate of drug-likeness (QED) is 0.838. The number of aryl methyl sites for hydroxylation is 2. The Morgan fingerprint density at radius 1 is 1.00 bits per heavy atom. The van der Waals surface area contributed by atoms with E-state index in [0.29, 0.717) is 11.8 Å². The molecule has 0 spiro atoms. The molecule has 0 aliphatic carbocycles. The van der Waals surface area contributed by atoms with Crippen molar-refractivity contribution in [1.29, 1.82) is 0 Å². The molecular weight excluding hydrogens is 278 g/mol. The van der Waals surface area contributed by atoms with Crippen molar-refractivity contribution in [2.75, 3.05) is 13.1 Å². The Labute approximate surface area is 132 Å². The molecular formula is C19H22ClN. The van der Waals surface area contributed by atoms with E-state index in [1.165, 1.54) is 28.7 Å². The first-order valence-electron chi connectivity index (χ1n) is 7.68. The fraction of sp³-hybridized carbons (Fsp3) is 0.368. The predicted molar refractivity (Wildman–Crippen MR) is 90.3 cm³/mol. The number of rotatable bonds is 2. The molecule has 0 aromatic heterocycles. The number of halogens is 1. The number of hydrogen-bond donors (Lipinski definition) is 1. The fourth-order valence-electron chi connectivity index (χ4n) is 3.45. The molecule has 2 unspecified atom stereocenters. The largest absolute Gasteiger partial charge is 0.316 e. The van der Waals surface area contributed by atoms with E-state index in [-0.39, 0.29) is 0 Å². The summed E-state index contributed by atoms with van der Waals surface area (Å²) < 4.78 is 0. The zero-order valence-corrected chi connectivity index (χ0v) is 13.5. The summed E-state index contributed by atoms with van der Waals surface area (Å²) in [5.41, 5.74) is 5.66. The van der Waals surface area contributed by atoms with E-state index >= 15 is 0 Å². The average Bonchev–Trinajstić information content (AvgIpc) is 2.51. The van der Waals surface area contributed by atoms with Crippen LogP contribution in [0.5, 0.6) is 0 Å². The van der Waals surface area contributed by atoms with Gasteiger partial charge in [-0.1, -0.05) is 47.5 Å². The first-order valence-corrected chi connectivity index (χ1v) is 8.06. The van der Waals surface area contributed by atoms with Gasteiger partial charge in [0.15, 0.2) is 0 Å². The summed E-state index contributed by atoms with van der Waals surface area (Å²) in [7, 11) is 0. The summed E-state index contributed by atoms with van der Waals surface area (Å²) in [6.07, 6.45) is 1.19. The smallest absolute Gasteiger partial charge is 0.0406 e. The topological polar surface area (TPSA) is 12.0 Å². The minimum atomic E-state index is 0.525. The van der Waals surface area contributed by atoms with Crippen LogP contribution >= 0.6 is 11.6 Å². The van der Waals surface area contributed by atoms with Gasteiger partial charge < -0.3 is 5.32 Å². The summed E-state index contributed by atoms with van der Waals surface area (Å²) in [5.74, 6) is 1.11. The van der Waals surface area contributed by atoms with Crippen LogP contribution in [0.1, 0.15) is 40.5 Å². The lowest BCUT2D eigenvalue weighted by Crippen LogP contribution is -2.34. The van der Waals surface area contributed by atoms with E-state index in [2.05, 4.69) is 49.5 Å². The third kappa shape index (κ3) is 3.14. The van der Waals surface area contributed by atoms with E-state index in [0.717, 1.165) is 18.1 Å². The number of nitrogens with one attached hydrogen (secondary N) is 1. The third-order valence-corrected chi connectivity index (χ3v) is 4.87. The Balaban J connectivity index is 1.98. The lowest BCUT2D eigenvalue weighted by molar-refractivity contribution is 0.403. The van der Waals surface area contributed by atoms with E-state index in [4.69, 9.17) is 11.6 Å². The highest BCUT2D eigenvalue weighted by molar-refractivity contribution is 6.30. The van der Waals surface area contributed by atoms with E-state index in [1.807, 2.05) is 12.1 Å². The molecule has 0 amide bonds. The average molecular weight is 300 g/mol. The predicted octanol–water partition coefficient (Wildman–Crippen LogP) is 4.82. The van der Waals surface area contributed by atoms with Gasteiger partial charge in [0, 0.05) is 17.5 Å². The molecule has 0 bridgehead atoms. The normalized spacial score (nSPS) is 22.2. The minimum absolute atomic E-state index is 0.525. The molecule has 1 nitrogen and oxygen atoms in total. The molecule has 1 aliphatic rings. The Hall–Kier alpha value is -1.31. The number of piperidine rings is 1. The molecule has 1 N–H and O–H groups in total. The molecule has 1 aliphatic heterocycles. The van der Waals surface area contributed by atoms with Gasteiger partial charge in [0.2, 0.25) is 0 Å². The Morgan fingerprint density at radius 3 is 2.52 bits per heavy atom. The van der Waals surface area contributed by atoms with Gasteiger partial charge in [-0.2, -0.15) is 0 Å². The van der Waals surface area contributed by atoms with Gasteiger partial charge in [0.1, 0.15) is 0 Å². The summed E-state index contributed by atoms with van der Waals surface area (Å²) in [6.45, 7) is 6.55. The van der Waals surface area contributed by atoms with Gasteiger partial charge >= 0.3 is 0 Å². The van der Waals surface area contributed by atoms with Crippen LogP contribution in [0, 0.1) is 13.8 Å². The minimum Gasteiger partial charge on any atom is -0.316 e. The van der Waals surface area contributed by atoms with Crippen LogP contribution in [0.15, 0.2) is 42.5 Å². The molecule has 0 radical (unpaired) electrons. The van der Waals surface area contributed by atoms with Crippen LogP contribution in [0.25, 0.3) is 0 Å². The molecule has 1 saturated heterocycles. The van der Waals surface area contributed by atoms with Crippen molar-refractivity contribution in [2.45, 2.75) is 32.1 Å². The van der Waals surface area contributed by atoms with Gasteiger partial charge in [-0.3, -0.25) is 0 Å². The van der Waals surface area contributed by atoms with Crippen LogP contribution < -0.4 is 5.32 Å². The highest BCUT2D eigenvalue weighted by Gasteiger charge is 2.28. The molecule has 2 heteroatoms. The van der Waals surface area contributed by atoms with Crippen LogP contribution in [-0.4, -0.2) is 13.1 Å². The maximum Gasteiger partial charge on any atom is 0.0406 e. The highest BCUT2D eigenvalue weighted by Crippen LogP contribution is 2.39. The van der Waals surface area contributed by atoms with E-state index in [1.54, 1.807) is 0 Å². The molecule has 3 rings (SSSR count). The molecule has 2 aromatic rings. The van der Waals surface area contributed by atoms with Crippen LogP contribution in [0.3, 0.4) is 0 Å². The van der Waals surface area contributed by atoms with Crippen molar-refractivity contribution in [1.82, 2.24) is 5.32 Å². The van der Waals surface area contributed by atoms with Gasteiger partial charge in [0.05, 0.1) is 0 Å². The molecule has 2 atom stereocenters. The standard InChI is InChI=1S/C19H22ClN/c1-13-3-4-14(2)18(11-13)17-9-10-21-12-19(17)15-5-7-16(20)8-6-15/h3-8,11,17,19,21H,9-10,12H2,1-2H3. The van der Waals surface area contributed by atoms with E-state index < -0.39 is 0 Å². The molecule has 0 saturated carbocycles. The summed E-state index contributed by atoms with van der Waals surface area (Å²) in [6, 6.07) is 15.2. The van der Waals surface area contributed by atoms with Crippen molar-refractivity contribution in [3.63, 3.8) is 0 Å². The van der Waals surface area contributed by atoms with Crippen molar-refractivity contribution >= 4 is 11.6 Å². The van der Waals surface area contributed by atoms with Crippen molar-refractivity contribution in [3.05, 3.63) is 69.7 Å². The Morgan fingerprint density at radius 2 is 1.76 bits per heavy atom. The second-order valence-corrected chi connectivity index (χ2v) is 6.55. The van der Waals surface area contributed by atoms with Crippen molar-refractivity contribution < 1.29 is 0 Å². The second kappa shape index (κ2) is 6.21. The van der Waals surface area contributed by atoms with Crippen LogP contribution in [0.4, 0.5) is 0 Å². The number of benzene rings is 2. The summed E-state index contributed by atoms with van der Waals surface area (Å²) in [5, 5.41) is 4.36. The zero-order valence-electron chi connectivity index (χ0n) is 12.7. The fourth-order valence-corrected chi connectivity index (χ4v) is 3.58. The lowest BCUT2D eigenvalue weighted by Gasteiger charge is -2.34. The number of hydrogen-bond acceptors (Lipinski definition) is 1. The molecule has 1 heterocycles. The van der Waals surface area contributed by atoms with Gasteiger partial charge in [-0.05, 0) is 61.6 Å². The van der Waals surface area contributed by atoms with Crippen molar-refractivity contribution in [3.8, 4) is 0 Å². The SMILES string of the molecule is Cc1ccc(C)c(C2CCNCC2c2ccc(Cl)cc2)c1. The zero-order chi connectivity index (χ0) is 14.8. The van der Waals surface area contributed by atoms with Crippen LogP contribution in [-0.2, 0) is 0 Å². The Kier molecular flexibility index (Phi) is 4.32. The molecule has 110 valence electrons. The monoisotopic (exact) mass is 299 g/mol. The second-order valence-electron chi connectivity index (χ2n) is 6.12. The lowest BCUT2D eigenvalue weighted by atomic mass is 9.76. The van der Waals surface area contributed by atoms with Crippen LogP contribution in [0.2, 0.25) is 5.02 Å². The first-order chi connectivity index (χ1) is 10.1. The molecule has 1 fully saturated rings. The van der Waals surface area contributed by atoms with Gasteiger partial charge in [-0.15, -0.1) is 0 Å². The highest BCUT2D eigenvalue weighted by atomic mass is 35.5. The molecule has 2 aromatic carbocycles. The molecule has 21 heavy (non-hydrogen) atoms. The maximum atomic E-state index is 6.03. The van der Waals surface area contributed by atoms with Gasteiger partial charge in [-0.25, -0.2) is 0 Å². The van der Waals surface area contributed by atoms with Gasteiger partial charge in [0.25, 0.3) is 0 Å². The van der Waals surface area contributed by atoms with E-state index in [9.17, 15) is 0 Å². The Bertz CT molecular complexity index is 618. The first kappa shape index (κ1) is 14.6. The maximum absolute atomic E-state index is 6.03. The summed E-state index contributed by atoms with van der Waals surface area (Å²) >= 11 is 6.03. The third-order valence-electron chi connectivity index (χ3n) is 4.61. The van der Waals surface area contributed by atoms with Crippen molar-refractivity contribution in [2.24, 2.45) is 0 Å². The summed E-state index contributed by atoms with van der Waals surface area (Å²) in [4.78, 5) is 0.